The van der Waals surface area contributed by atoms with Gasteiger partial charge in [-0.15, -0.1) is 0 Å². The molecule has 0 spiro atoms. The van der Waals surface area contributed by atoms with E-state index in [0.717, 1.165) is 6.07 Å². The van der Waals surface area contributed by atoms with Gasteiger partial charge in [-0.1, -0.05) is 12.1 Å². The summed E-state index contributed by atoms with van der Waals surface area (Å²) < 4.78 is 51.5. The lowest BCUT2D eigenvalue weighted by molar-refractivity contribution is -0.176. The molecule has 6 N–H and O–H groups in total. The van der Waals surface area contributed by atoms with E-state index in [1.165, 1.54) is 18.2 Å². The summed E-state index contributed by atoms with van der Waals surface area (Å²) in [4.78, 5) is 12.2. The van der Waals surface area contributed by atoms with Crippen molar-refractivity contribution in [3.05, 3.63) is 66.0 Å². The second-order valence-electron chi connectivity index (χ2n) is 7.82. The van der Waals surface area contributed by atoms with Crippen molar-refractivity contribution >= 4 is 17.4 Å². The van der Waals surface area contributed by atoms with Gasteiger partial charge in [0.05, 0.1) is 42.0 Å². The number of rotatable bonds is 7. The number of para-hydroxylation sites is 1. The predicted molar refractivity (Wildman–Crippen MR) is 117 cm³/mol. The largest absolute Gasteiger partial charge is 0.418 e. The summed E-state index contributed by atoms with van der Waals surface area (Å²) >= 11 is 0. The van der Waals surface area contributed by atoms with Crippen molar-refractivity contribution in [1.82, 2.24) is 9.78 Å². The number of alkyl halides is 3. The van der Waals surface area contributed by atoms with Crippen molar-refractivity contribution in [1.29, 1.82) is 0 Å². The van der Waals surface area contributed by atoms with Crippen molar-refractivity contribution in [3.8, 4) is 5.69 Å². The van der Waals surface area contributed by atoms with Crippen molar-refractivity contribution < 1.29 is 42.8 Å². The maximum absolute atomic E-state index is 13.1. The number of aromatic nitrogens is 2. The number of H-pyrrole nitrogens is 1. The van der Waals surface area contributed by atoms with E-state index in [1.54, 1.807) is 35.1 Å². The number of aliphatic hydroxyl groups is 3. The highest BCUT2D eigenvalue weighted by atomic mass is 19.4. The van der Waals surface area contributed by atoms with E-state index < -0.39 is 49.0 Å². The number of ether oxygens (including phenoxy) is 2. The highest BCUT2D eigenvalue weighted by Gasteiger charge is 2.43. The molecule has 4 rings (SSSR count). The highest BCUT2D eigenvalue weighted by molar-refractivity contribution is 6.00. The Morgan fingerprint density at radius 3 is 2.40 bits per heavy atom. The van der Waals surface area contributed by atoms with Gasteiger partial charge < -0.3 is 35.4 Å². The third-order valence-corrected chi connectivity index (χ3v) is 5.33. The summed E-state index contributed by atoms with van der Waals surface area (Å²) in [5.74, 6) is 0. The van der Waals surface area contributed by atoms with Crippen LogP contribution in [-0.4, -0.2) is 62.3 Å². The normalized spacial score (nSPS) is 22.3. The average Bonchev–Trinajstić information content (AvgIpc) is 3.06. The predicted octanol–water partition coefficient (Wildman–Crippen LogP) is 2.42. The average molecular weight is 496 g/mol. The second kappa shape index (κ2) is 10.1. The number of amides is 2. The number of nitrogens with zero attached hydrogens (tertiary/aromatic N) is 1. The van der Waals surface area contributed by atoms with Gasteiger partial charge in [0, 0.05) is 5.69 Å². The molecule has 188 valence electrons. The number of hydrogen-bond donors (Lipinski definition) is 6. The first-order valence-electron chi connectivity index (χ1n) is 10.5. The van der Waals surface area contributed by atoms with Crippen LogP contribution in [0, 0.1) is 0 Å². The van der Waals surface area contributed by atoms with E-state index in [0.29, 0.717) is 17.1 Å². The molecule has 0 saturated carbocycles. The number of hydrogen-bond acceptors (Lipinski definition) is 6. The first-order valence-corrected chi connectivity index (χ1v) is 10.5. The van der Waals surface area contributed by atoms with Crippen LogP contribution >= 0.6 is 0 Å². The Hall–Kier alpha value is -3.36. The number of nitrogens with one attached hydrogen (secondary N) is 3. The zero-order valence-electron chi connectivity index (χ0n) is 18.1. The lowest BCUT2D eigenvalue weighted by atomic mass is 10.1. The Morgan fingerprint density at radius 1 is 1.09 bits per heavy atom. The molecule has 2 heterocycles. The smallest absolute Gasteiger partial charge is 0.394 e. The number of aromatic amines is 1. The highest BCUT2D eigenvalue weighted by Crippen LogP contribution is 2.34. The molecular formula is C22H23F3N4O6. The Morgan fingerprint density at radius 2 is 1.77 bits per heavy atom. The zero-order valence-corrected chi connectivity index (χ0v) is 18.1. The Kier molecular flexibility index (Phi) is 7.14. The van der Waals surface area contributed by atoms with Gasteiger partial charge >= 0.3 is 12.2 Å². The molecule has 0 aliphatic carbocycles. The minimum Gasteiger partial charge on any atom is -0.394 e. The van der Waals surface area contributed by atoms with Crippen LogP contribution in [0.2, 0.25) is 0 Å². The summed E-state index contributed by atoms with van der Waals surface area (Å²) in [6.45, 7) is -0.386. The van der Waals surface area contributed by atoms with Crippen LogP contribution in [0.1, 0.15) is 11.3 Å². The minimum absolute atomic E-state index is 0.0578. The summed E-state index contributed by atoms with van der Waals surface area (Å²) in [6.07, 6.45) is -7.38. The fourth-order valence-electron chi connectivity index (χ4n) is 3.52. The Bertz CT molecular complexity index is 1130. The molecule has 1 fully saturated rings. The molecule has 10 nitrogen and oxygen atoms in total. The second-order valence-corrected chi connectivity index (χ2v) is 7.82. The lowest BCUT2D eigenvalue weighted by Crippen LogP contribution is -2.34. The van der Waals surface area contributed by atoms with Gasteiger partial charge in [-0.2, -0.15) is 13.2 Å². The number of halogens is 3. The Labute approximate surface area is 196 Å². The van der Waals surface area contributed by atoms with E-state index >= 15 is 0 Å². The molecule has 1 aliphatic rings. The molecule has 35 heavy (non-hydrogen) atoms. The van der Waals surface area contributed by atoms with Gasteiger partial charge in [-0.05, 0) is 36.4 Å². The van der Waals surface area contributed by atoms with E-state index in [2.05, 4.69) is 15.7 Å². The van der Waals surface area contributed by atoms with Crippen LogP contribution in [0.5, 0.6) is 0 Å². The summed E-state index contributed by atoms with van der Waals surface area (Å²) in [5, 5.41) is 36.4. The molecular weight excluding hydrogens is 473 g/mol. The van der Waals surface area contributed by atoms with Gasteiger partial charge in [-0.3, -0.25) is 9.78 Å². The Balaban J connectivity index is 1.29. The molecule has 0 bridgehead atoms. The maximum atomic E-state index is 13.1. The molecule has 2 aromatic carbocycles. The van der Waals surface area contributed by atoms with E-state index in [9.17, 15) is 28.2 Å². The SMILES string of the molecule is O=C(Nc1ccc(-n2cc(COC3OC(CO)C(O)C3O)[nH]2)cc1)Nc1ccccc1C(F)(F)F. The monoisotopic (exact) mass is 496 g/mol. The van der Waals surface area contributed by atoms with Crippen LogP contribution in [0.3, 0.4) is 0 Å². The number of urea groups is 1. The van der Waals surface area contributed by atoms with E-state index in [4.69, 9.17) is 14.6 Å². The molecule has 1 saturated heterocycles. The molecule has 3 aromatic rings. The maximum Gasteiger partial charge on any atom is 0.418 e. The standard InChI is InChI=1S/C22H23F3N4O6/c23-22(24,25)15-3-1-2-4-16(15)27-21(33)26-12-5-7-14(8-6-12)29-9-13(28-29)11-34-20-19(32)18(31)17(10-30)35-20/h1-9,17-20,28,30-32H,10-11H2,(H2,26,27,33). The summed E-state index contributed by atoms with van der Waals surface area (Å²) in [6, 6.07) is 10.4. The van der Waals surface area contributed by atoms with Gasteiger partial charge in [0.15, 0.2) is 6.29 Å². The fraction of sp³-hybridized carbons (Fsp3) is 0.318. The van der Waals surface area contributed by atoms with Crippen LogP contribution in [0.4, 0.5) is 29.3 Å². The topological polar surface area (TPSA) is 141 Å². The minimum atomic E-state index is -4.60. The molecule has 13 heteroatoms. The molecule has 4 unspecified atom stereocenters. The van der Waals surface area contributed by atoms with Gasteiger partial charge in [0.25, 0.3) is 0 Å². The van der Waals surface area contributed by atoms with Gasteiger partial charge in [0.2, 0.25) is 0 Å². The van der Waals surface area contributed by atoms with Crippen LogP contribution in [0.15, 0.2) is 54.7 Å². The van der Waals surface area contributed by atoms with Gasteiger partial charge in [-0.25, -0.2) is 4.79 Å². The van der Waals surface area contributed by atoms with E-state index in [1.807, 2.05) is 0 Å². The number of anilines is 2. The van der Waals surface area contributed by atoms with Crippen LogP contribution in [-0.2, 0) is 22.3 Å². The van der Waals surface area contributed by atoms with Crippen molar-refractivity contribution in [2.45, 2.75) is 37.4 Å². The summed E-state index contributed by atoms with van der Waals surface area (Å²) in [7, 11) is 0. The molecule has 0 radical (unpaired) electrons. The van der Waals surface area contributed by atoms with Crippen molar-refractivity contribution in [2.75, 3.05) is 17.2 Å². The van der Waals surface area contributed by atoms with Crippen LogP contribution in [0.25, 0.3) is 5.69 Å². The lowest BCUT2D eigenvalue weighted by Gasteiger charge is -2.19. The zero-order chi connectivity index (χ0) is 25.2. The van der Waals surface area contributed by atoms with Crippen LogP contribution < -0.4 is 10.6 Å². The quantitative estimate of drug-likeness (QED) is 0.297. The number of carbonyl (C=O) groups excluding carboxylic acids is 1. The van der Waals surface area contributed by atoms with Crippen molar-refractivity contribution in [3.63, 3.8) is 0 Å². The van der Waals surface area contributed by atoms with E-state index in [-0.39, 0.29) is 12.3 Å². The number of benzene rings is 2. The third kappa shape index (κ3) is 5.66. The number of aliphatic hydroxyl groups excluding tert-OH is 3. The summed E-state index contributed by atoms with van der Waals surface area (Å²) in [5.41, 5.74) is 0.436. The molecule has 2 amide bonds. The molecule has 1 aliphatic heterocycles. The van der Waals surface area contributed by atoms with Crippen molar-refractivity contribution in [2.24, 2.45) is 0 Å². The molecule has 1 aromatic heterocycles. The first kappa shape index (κ1) is 24.8. The fourth-order valence-corrected chi connectivity index (χ4v) is 3.52. The third-order valence-electron chi connectivity index (χ3n) is 5.33. The van der Waals surface area contributed by atoms with Gasteiger partial charge in [0.1, 0.15) is 18.3 Å². The molecule has 4 atom stereocenters. The first-order chi connectivity index (χ1) is 16.7. The number of carbonyl (C=O) groups is 1.